The van der Waals surface area contributed by atoms with Crippen molar-refractivity contribution in [2.24, 2.45) is 0 Å². The van der Waals surface area contributed by atoms with Crippen LogP contribution in [0.25, 0.3) is 21.9 Å². The first-order valence-corrected chi connectivity index (χ1v) is 9.74. The molecule has 2 aromatic carbocycles. The lowest BCUT2D eigenvalue weighted by Gasteiger charge is -2.19. The highest BCUT2D eigenvalue weighted by Crippen LogP contribution is 2.30. The molecule has 4 aromatic rings. The number of nitrogen functional groups attached to an aromatic ring is 1. The number of aromatic nitrogens is 3. The molecule has 0 fully saturated rings. The molecule has 1 atom stereocenters. The summed E-state index contributed by atoms with van der Waals surface area (Å²) in [5.41, 5.74) is 10.9. The summed E-state index contributed by atoms with van der Waals surface area (Å²) in [5.74, 6) is 0.450. The van der Waals surface area contributed by atoms with E-state index >= 15 is 0 Å². The molecule has 0 aliphatic rings. The smallest absolute Gasteiger partial charge is 0.152 e. The Kier molecular flexibility index (Phi) is 5.41. The number of ether oxygens (including phenoxy) is 1. The summed E-state index contributed by atoms with van der Waals surface area (Å²) in [6.07, 6.45) is 3.17. The molecule has 0 aliphatic heterocycles. The normalized spacial score (nSPS) is 12.3. The monoisotopic (exact) mass is 385 g/mol. The van der Waals surface area contributed by atoms with Crippen molar-refractivity contribution in [1.82, 2.24) is 14.5 Å². The van der Waals surface area contributed by atoms with Gasteiger partial charge in [0.25, 0.3) is 0 Å². The van der Waals surface area contributed by atoms with Gasteiger partial charge in [-0.15, -0.1) is 0 Å². The second-order valence-corrected chi connectivity index (χ2v) is 7.09. The Balaban J connectivity index is 1.55. The van der Waals surface area contributed by atoms with Gasteiger partial charge in [-0.05, 0) is 23.6 Å². The highest BCUT2D eigenvalue weighted by atomic mass is 16.5. The number of nitrogens with two attached hydrogens (primary N) is 1. The lowest BCUT2D eigenvalue weighted by molar-refractivity contribution is 0.0897. The predicted octanol–water partition coefficient (Wildman–Crippen LogP) is 4.40. The highest BCUT2D eigenvalue weighted by Gasteiger charge is 2.17. The van der Waals surface area contributed by atoms with Gasteiger partial charge in [0, 0.05) is 5.39 Å². The number of para-hydroxylation sites is 1. The van der Waals surface area contributed by atoms with Crippen LogP contribution in [0.2, 0.25) is 0 Å². The maximum absolute atomic E-state index is 8.77. The van der Waals surface area contributed by atoms with E-state index < -0.39 is 0 Å². The third-order valence-electron chi connectivity index (χ3n) is 5.19. The van der Waals surface area contributed by atoms with Gasteiger partial charge in [0.15, 0.2) is 5.82 Å². The van der Waals surface area contributed by atoms with Gasteiger partial charge in [0.1, 0.15) is 5.52 Å². The number of anilines is 1. The Morgan fingerprint density at radius 3 is 2.66 bits per heavy atom. The van der Waals surface area contributed by atoms with Gasteiger partial charge in [-0.1, -0.05) is 49.4 Å². The van der Waals surface area contributed by atoms with E-state index in [0.717, 1.165) is 39.5 Å². The Hall–Kier alpha value is -3.43. The SMILES string of the molecule is CC[C@H](COCc1ccc(CC#N)cc1)n1cnc2c(N)nc3ccccc3c21. The molecule has 2 heterocycles. The third kappa shape index (κ3) is 3.78. The first kappa shape index (κ1) is 18.9. The van der Waals surface area contributed by atoms with Gasteiger partial charge in [-0.25, -0.2) is 9.97 Å². The van der Waals surface area contributed by atoms with Crippen LogP contribution in [-0.2, 0) is 17.8 Å². The van der Waals surface area contributed by atoms with Gasteiger partial charge in [0.2, 0.25) is 0 Å². The van der Waals surface area contributed by atoms with Crippen LogP contribution in [0.15, 0.2) is 54.9 Å². The summed E-state index contributed by atoms with van der Waals surface area (Å²) in [7, 11) is 0. The van der Waals surface area contributed by atoms with Crippen molar-refractivity contribution in [2.75, 3.05) is 12.3 Å². The van der Waals surface area contributed by atoms with Crippen LogP contribution >= 0.6 is 0 Å². The molecule has 0 saturated heterocycles. The number of hydrogen-bond donors (Lipinski definition) is 1. The van der Waals surface area contributed by atoms with E-state index in [2.05, 4.69) is 33.6 Å². The van der Waals surface area contributed by atoms with Crippen LogP contribution in [0, 0.1) is 11.3 Å². The number of nitriles is 1. The highest BCUT2D eigenvalue weighted by molar-refractivity contribution is 6.06. The average Bonchev–Trinajstić information content (AvgIpc) is 3.19. The first-order chi connectivity index (χ1) is 14.2. The minimum absolute atomic E-state index is 0.142. The number of pyridine rings is 1. The first-order valence-electron chi connectivity index (χ1n) is 9.74. The summed E-state index contributed by atoms with van der Waals surface area (Å²) in [6, 6.07) is 18.3. The molecule has 6 nitrogen and oxygen atoms in total. The molecule has 146 valence electrons. The zero-order chi connectivity index (χ0) is 20.2. The third-order valence-corrected chi connectivity index (χ3v) is 5.19. The van der Waals surface area contributed by atoms with Gasteiger partial charge < -0.3 is 15.0 Å². The standard InChI is InChI=1S/C23H23N5O/c1-2-18(14-29-13-17-9-7-16(8-10-17)11-12-24)28-15-26-21-22(28)19-5-3-4-6-20(19)27-23(21)25/h3-10,15,18H,2,11,13-14H2,1H3,(H2,25,27)/t18-/m1/s1. The second kappa shape index (κ2) is 8.29. The Morgan fingerprint density at radius 1 is 1.14 bits per heavy atom. The van der Waals surface area contributed by atoms with Crippen LogP contribution in [0.4, 0.5) is 5.82 Å². The molecule has 0 unspecified atom stereocenters. The molecule has 4 rings (SSSR count). The lowest BCUT2D eigenvalue weighted by atomic mass is 10.1. The largest absolute Gasteiger partial charge is 0.382 e. The number of nitrogens with zero attached hydrogens (tertiary/aromatic N) is 4. The predicted molar refractivity (Wildman–Crippen MR) is 114 cm³/mol. The van der Waals surface area contributed by atoms with Crippen molar-refractivity contribution in [3.8, 4) is 6.07 Å². The van der Waals surface area contributed by atoms with Gasteiger partial charge in [-0.3, -0.25) is 0 Å². The fourth-order valence-corrected chi connectivity index (χ4v) is 3.60. The van der Waals surface area contributed by atoms with Gasteiger partial charge in [0.05, 0.1) is 49.1 Å². The fraction of sp³-hybridized carbons (Fsp3) is 0.261. The van der Waals surface area contributed by atoms with E-state index in [1.165, 1.54) is 0 Å². The lowest BCUT2D eigenvalue weighted by Crippen LogP contribution is -2.14. The minimum Gasteiger partial charge on any atom is -0.382 e. The van der Waals surface area contributed by atoms with E-state index in [1.54, 1.807) is 0 Å². The van der Waals surface area contributed by atoms with Crippen molar-refractivity contribution in [2.45, 2.75) is 32.4 Å². The molecule has 6 heteroatoms. The van der Waals surface area contributed by atoms with E-state index in [4.69, 9.17) is 15.7 Å². The zero-order valence-corrected chi connectivity index (χ0v) is 16.4. The van der Waals surface area contributed by atoms with Crippen LogP contribution in [0.3, 0.4) is 0 Å². The molecule has 0 spiro atoms. The molecular formula is C23H23N5O. The quantitative estimate of drug-likeness (QED) is 0.509. The van der Waals surface area contributed by atoms with E-state index in [0.29, 0.717) is 25.5 Å². The molecule has 0 radical (unpaired) electrons. The van der Waals surface area contributed by atoms with Crippen molar-refractivity contribution in [3.05, 3.63) is 66.0 Å². The Labute approximate surface area is 169 Å². The molecule has 0 saturated carbocycles. The minimum atomic E-state index is 0.142. The molecule has 0 bridgehead atoms. The van der Waals surface area contributed by atoms with Crippen LogP contribution in [-0.4, -0.2) is 21.1 Å². The van der Waals surface area contributed by atoms with E-state index in [-0.39, 0.29) is 6.04 Å². The topological polar surface area (TPSA) is 89.8 Å². The molecular weight excluding hydrogens is 362 g/mol. The van der Waals surface area contributed by atoms with Crippen molar-refractivity contribution in [1.29, 1.82) is 5.26 Å². The van der Waals surface area contributed by atoms with E-state index in [9.17, 15) is 0 Å². The van der Waals surface area contributed by atoms with Crippen molar-refractivity contribution in [3.63, 3.8) is 0 Å². The van der Waals surface area contributed by atoms with Crippen LogP contribution in [0.1, 0.15) is 30.5 Å². The number of rotatable bonds is 7. The maximum Gasteiger partial charge on any atom is 0.152 e. The Morgan fingerprint density at radius 2 is 1.90 bits per heavy atom. The molecule has 29 heavy (non-hydrogen) atoms. The molecule has 2 N–H and O–H groups in total. The summed E-state index contributed by atoms with van der Waals surface area (Å²) in [5, 5.41) is 9.82. The maximum atomic E-state index is 8.77. The van der Waals surface area contributed by atoms with Crippen molar-refractivity contribution < 1.29 is 4.74 Å². The average molecular weight is 385 g/mol. The van der Waals surface area contributed by atoms with Crippen molar-refractivity contribution >= 4 is 27.8 Å². The number of hydrogen-bond acceptors (Lipinski definition) is 5. The molecule has 2 aromatic heterocycles. The summed E-state index contributed by atoms with van der Waals surface area (Å²) >= 11 is 0. The number of imidazole rings is 1. The molecule has 0 aliphatic carbocycles. The summed E-state index contributed by atoms with van der Waals surface area (Å²) in [6.45, 7) is 3.24. The van der Waals surface area contributed by atoms with Crippen LogP contribution < -0.4 is 5.73 Å². The second-order valence-electron chi connectivity index (χ2n) is 7.09. The number of benzene rings is 2. The summed E-state index contributed by atoms with van der Waals surface area (Å²) in [4.78, 5) is 9.00. The number of fused-ring (bicyclic) bond motifs is 3. The van der Waals surface area contributed by atoms with Crippen LogP contribution in [0.5, 0.6) is 0 Å². The summed E-state index contributed by atoms with van der Waals surface area (Å²) < 4.78 is 8.19. The Bertz CT molecular complexity index is 1170. The van der Waals surface area contributed by atoms with Gasteiger partial charge >= 0.3 is 0 Å². The zero-order valence-electron chi connectivity index (χ0n) is 16.4. The van der Waals surface area contributed by atoms with E-state index in [1.807, 2.05) is 48.8 Å². The fourth-order valence-electron chi connectivity index (χ4n) is 3.60. The van der Waals surface area contributed by atoms with Gasteiger partial charge in [-0.2, -0.15) is 5.26 Å². The molecule has 0 amide bonds.